The largest absolute Gasteiger partial charge is 0.493 e. The normalized spacial score (nSPS) is 13.5. The maximum atomic E-state index is 5.51. The minimum Gasteiger partial charge on any atom is -0.493 e. The standard InChI is InChI=1S/C14H15NO2/c1-15-9-14-12(5-7-17-14)10-2-3-13-11(8-10)4-6-16-13/h2-3,5,7-8,15H,4,6,9H2,1H3. The Labute approximate surface area is 100 Å². The van der Waals surface area contributed by atoms with Crippen LogP contribution in [0.25, 0.3) is 11.1 Å². The molecule has 3 heteroatoms. The van der Waals surface area contributed by atoms with Gasteiger partial charge >= 0.3 is 0 Å². The van der Waals surface area contributed by atoms with Crippen LogP contribution in [0.4, 0.5) is 0 Å². The zero-order chi connectivity index (χ0) is 11.7. The fraction of sp³-hybridized carbons (Fsp3) is 0.286. The summed E-state index contributed by atoms with van der Waals surface area (Å²) in [5, 5.41) is 3.11. The van der Waals surface area contributed by atoms with Crippen molar-refractivity contribution in [2.24, 2.45) is 0 Å². The van der Waals surface area contributed by atoms with Gasteiger partial charge in [0.05, 0.1) is 19.4 Å². The Morgan fingerprint density at radius 1 is 1.29 bits per heavy atom. The molecule has 0 bridgehead atoms. The van der Waals surface area contributed by atoms with Crippen LogP contribution in [0.1, 0.15) is 11.3 Å². The molecule has 0 radical (unpaired) electrons. The van der Waals surface area contributed by atoms with Gasteiger partial charge in [-0.1, -0.05) is 6.07 Å². The third-order valence-corrected chi connectivity index (χ3v) is 3.08. The van der Waals surface area contributed by atoms with E-state index in [0.717, 1.165) is 36.6 Å². The Hall–Kier alpha value is -1.74. The van der Waals surface area contributed by atoms with Gasteiger partial charge in [-0.25, -0.2) is 0 Å². The van der Waals surface area contributed by atoms with Crippen LogP contribution >= 0.6 is 0 Å². The minimum atomic E-state index is 0.746. The van der Waals surface area contributed by atoms with Gasteiger partial charge in [-0.05, 0) is 36.4 Å². The molecule has 3 nitrogen and oxygen atoms in total. The Balaban J connectivity index is 2.00. The van der Waals surface area contributed by atoms with E-state index in [0.29, 0.717) is 0 Å². The van der Waals surface area contributed by atoms with Gasteiger partial charge in [0.2, 0.25) is 0 Å². The van der Waals surface area contributed by atoms with E-state index >= 15 is 0 Å². The summed E-state index contributed by atoms with van der Waals surface area (Å²) in [6, 6.07) is 8.36. The minimum absolute atomic E-state index is 0.746. The summed E-state index contributed by atoms with van der Waals surface area (Å²) in [5.74, 6) is 2.00. The number of ether oxygens (including phenoxy) is 1. The molecule has 88 valence electrons. The molecular formula is C14H15NO2. The molecule has 1 N–H and O–H groups in total. The number of furan rings is 1. The van der Waals surface area contributed by atoms with Gasteiger partial charge < -0.3 is 14.5 Å². The molecule has 0 aliphatic carbocycles. The second-order valence-corrected chi connectivity index (χ2v) is 4.21. The summed E-state index contributed by atoms with van der Waals surface area (Å²) < 4.78 is 11.0. The second-order valence-electron chi connectivity index (χ2n) is 4.21. The van der Waals surface area contributed by atoms with E-state index in [1.165, 1.54) is 11.1 Å². The molecule has 1 aliphatic heterocycles. The Kier molecular flexibility index (Phi) is 2.61. The van der Waals surface area contributed by atoms with Crippen molar-refractivity contribution < 1.29 is 9.15 Å². The first kappa shape index (κ1) is 10.4. The Morgan fingerprint density at radius 2 is 2.24 bits per heavy atom. The molecule has 3 rings (SSSR count). The molecule has 2 heterocycles. The van der Waals surface area contributed by atoms with Crippen LogP contribution in [0.3, 0.4) is 0 Å². The number of rotatable bonds is 3. The summed E-state index contributed by atoms with van der Waals surface area (Å²) >= 11 is 0. The number of hydrogen-bond donors (Lipinski definition) is 1. The molecule has 0 amide bonds. The molecule has 1 aromatic heterocycles. The maximum absolute atomic E-state index is 5.51. The molecule has 1 aliphatic rings. The van der Waals surface area contributed by atoms with Crippen molar-refractivity contribution in [1.82, 2.24) is 5.32 Å². The quantitative estimate of drug-likeness (QED) is 0.878. The van der Waals surface area contributed by atoms with E-state index in [1.54, 1.807) is 6.26 Å². The van der Waals surface area contributed by atoms with E-state index in [2.05, 4.69) is 17.4 Å². The fourth-order valence-electron chi connectivity index (χ4n) is 2.25. The zero-order valence-corrected chi connectivity index (χ0v) is 9.82. The molecule has 0 saturated heterocycles. The highest BCUT2D eigenvalue weighted by Crippen LogP contribution is 2.32. The predicted molar refractivity (Wildman–Crippen MR) is 66.1 cm³/mol. The van der Waals surface area contributed by atoms with Crippen molar-refractivity contribution in [1.29, 1.82) is 0 Å². The molecule has 17 heavy (non-hydrogen) atoms. The van der Waals surface area contributed by atoms with Crippen LogP contribution in [-0.4, -0.2) is 13.7 Å². The average Bonchev–Trinajstić information content (AvgIpc) is 2.96. The van der Waals surface area contributed by atoms with Crippen molar-refractivity contribution in [2.75, 3.05) is 13.7 Å². The molecule has 1 aromatic carbocycles. The highest BCUT2D eigenvalue weighted by atomic mass is 16.5. The number of fused-ring (bicyclic) bond motifs is 1. The molecule has 0 spiro atoms. The molecule has 0 atom stereocenters. The first-order chi connectivity index (χ1) is 8.38. The fourth-order valence-corrected chi connectivity index (χ4v) is 2.25. The first-order valence-electron chi connectivity index (χ1n) is 5.85. The molecule has 2 aromatic rings. The van der Waals surface area contributed by atoms with E-state index in [-0.39, 0.29) is 0 Å². The first-order valence-corrected chi connectivity index (χ1v) is 5.85. The van der Waals surface area contributed by atoms with Crippen LogP contribution in [0.5, 0.6) is 5.75 Å². The monoisotopic (exact) mass is 229 g/mol. The van der Waals surface area contributed by atoms with Gasteiger partial charge in [0.15, 0.2) is 0 Å². The molecule has 0 saturated carbocycles. The summed E-state index contributed by atoms with van der Waals surface area (Å²) in [7, 11) is 1.92. The summed E-state index contributed by atoms with van der Waals surface area (Å²) in [6.07, 6.45) is 2.74. The van der Waals surface area contributed by atoms with Crippen LogP contribution in [0.15, 0.2) is 34.9 Å². The highest BCUT2D eigenvalue weighted by Gasteiger charge is 2.14. The topological polar surface area (TPSA) is 34.4 Å². The van der Waals surface area contributed by atoms with Crippen molar-refractivity contribution in [3.05, 3.63) is 41.9 Å². The van der Waals surface area contributed by atoms with Crippen LogP contribution in [0.2, 0.25) is 0 Å². The lowest BCUT2D eigenvalue weighted by Gasteiger charge is -2.04. The number of benzene rings is 1. The van der Waals surface area contributed by atoms with Gasteiger partial charge in [0.1, 0.15) is 11.5 Å². The maximum Gasteiger partial charge on any atom is 0.125 e. The van der Waals surface area contributed by atoms with E-state index < -0.39 is 0 Å². The van der Waals surface area contributed by atoms with Crippen LogP contribution in [0, 0.1) is 0 Å². The van der Waals surface area contributed by atoms with E-state index in [4.69, 9.17) is 9.15 Å². The van der Waals surface area contributed by atoms with Crippen molar-refractivity contribution in [3.8, 4) is 16.9 Å². The van der Waals surface area contributed by atoms with Crippen molar-refractivity contribution in [2.45, 2.75) is 13.0 Å². The van der Waals surface area contributed by atoms with E-state index in [9.17, 15) is 0 Å². The zero-order valence-electron chi connectivity index (χ0n) is 9.82. The summed E-state index contributed by atoms with van der Waals surface area (Å²) in [5.41, 5.74) is 3.65. The summed E-state index contributed by atoms with van der Waals surface area (Å²) in [6.45, 7) is 1.55. The van der Waals surface area contributed by atoms with Gasteiger partial charge in [-0.2, -0.15) is 0 Å². The van der Waals surface area contributed by atoms with Gasteiger partial charge in [-0.3, -0.25) is 0 Å². The lowest BCUT2D eigenvalue weighted by Crippen LogP contribution is -2.04. The number of hydrogen-bond acceptors (Lipinski definition) is 3. The van der Waals surface area contributed by atoms with Crippen molar-refractivity contribution in [3.63, 3.8) is 0 Å². The highest BCUT2D eigenvalue weighted by molar-refractivity contribution is 5.67. The molecule has 0 fully saturated rings. The van der Waals surface area contributed by atoms with E-state index in [1.807, 2.05) is 19.2 Å². The Bertz CT molecular complexity index is 531. The van der Waals surface area contributed by atoms with Crippen molar-refractivity contribution >= 4 is 0 Å². The lowest BCUT2D eigenvalue weighted by atomic mass is 10.0. The average molecular weight is 229 g/mol. The summed E-state index contributed by atoms with van der Waals surface area (Å²) in [4.78, 5) is 0. The lowest BCUT2D eigenvalue weighted by molar-refractivity contribution is 0.357. The third kappa shape index (κ3) is 1.83. The third-order valence-electron chi connectivity index (χ3n) is 3.08. The molecular weight excluding hydrogens is 214 g/mol. The Morgan fingerprint density at radius 3 is 3.12 bits per heavy atom. The van der Waals surface area contributed by atoms with Crippen LogP contribution < -0.4 is 10.1 Å². The predicted octanol–water partition coefficient (Wildman–Crippen LogP) is 2.60. The SMILES string of the molecule is CNCc1occc1-c1ccc2c(c1)CCO2. The second kappa shape index (κ2) is 4.26. The van der Waals surface area contributed by atoms with Gasteiger partial charge in [0, 0.05) is 12.0 Å². The van der Waals surface area contributed by atoms with Gasteiger partial charge in [0.25, 0.3) is 0 Å². The van der Waals surface area contributed by atoms with Gasteiger partial charge in [-0.15, -0.1) is 0 Å². The number of nitrogens with one attached hydrogen (secondary N) is 1. The van der Waals surface area contributed by atoms with Crippen LogP contribution in [-0.2, 0) is 13.0 Å². The molecule has 0 unspecified atom stereocenters. The smallest absolute Gasteiger partial charge is 0.125 e.